The van der Waals surface area contributed by atoms with Crippen LogP contribution in [0.5, 0.6) is 0 Å². The van der Waals surface area contributed by atoms with E-state index < -0.39 is 52.2 Å². The zero-order valence-corrected chi connectivity index (χ0v) is 21.0. The lowest BCUT2D eigenvalue weighted by Gasteiger charge is -2.59. The van der Waals surface area contributed by atoms with E-state index in [0.29, 0.717) is 11.3 Å². The smallest absolute Gasteiger partial charge is 0.340 e. The van der Waals surface area contributed by atoms with Crippen molar-refractivity contribution in [2.24, 2.45) is 5.41 Å². The van der Waals surface area contributed by atoms with Crippen molar-refractivity contribution >= 4 is 43.8 Å². The van der Waals surface area contributed by atoms with E-state index in [2.05, 4.69) is 31.8 Å². The molecule has 3 aliphatic rings. The number of fused-ring (bicyclic) bond motifs is 1. The van der Waals surface area contributed by atoms with Crippen LogP contribution in [0.4, 0.5) is 5.82 Å². The van der Waals surface area contributed by atoms with E-state index in [4.69, 9.17) is 30.6 Å². The molecule has 2 aromatic rings. The summed E-state index contributed by atoms with van der Waals surface area (Å²) >= 11 is 6.18. The van der Waals surface area contributed by atoms with Crippen LogP contribution in [-0.4, -0.2) is 113 Å². The number of likely N-dealkylation sites (tertiary alicyclic amines) is 1. The minimum absolute atomic E-state index is 0.0347. The van der Waals surface area contributed by atoms with Crippen LogP contribution in [0.3, 0.4) is 0 Å². The lowest BCUT2D eigenvalue weighted by atomic mass is 9.73. The first kappa shape index (κ1) is 25.4. The van der Waals surface area contributed by atoms with Crippen LogP contribution >= 0.6 is 26.8 Å². The van der Waals surface area contributed by atoms with E-state index in [-0.39, 0.29) is 16.3 Å². The fourth-order valence-electron chi connectivity index (χ4n) is 5.05. The lowest BCUT2D eigenvalue weighted by Crippen LogP contribution is -2.71. The van der Waals surface area contributed by atoms with Crippen LogP contribution in [-0.2, 0) is 18.4 Å². The first-order valence-electron chi connectivity index (χ1n) is 10.6. The molecule has 35 heavy (non-hydrogen) atoms. The summed E-state index contributed by atoms with van der Waals surface area (Å²) in [7, 11) is -7.42. The Morgan fingerprint density at radius 1 is 1.17 bits per heavy atom. The maximum absolute atomic E-state index is 11.9. The average Bonchev–Trinajstić information content (AvgIpc) is 3.21. The van der Waals surface area contributed by atoms with Crippen molar-refractivity contribution in [1.82, 2.24) is 24.4 Å². The number of anilines is 1. The highest BCUT2D eigenvalue weighted by Crippen LogP contribution is 2.55. The molecule has 0 radical (unpaired) electrons. The number of aliphatic hydroxyl groups is 2. The van der Waals surface area contributed by atoms with Crippen LogP contribution in [0, 0.1) is 5.41 Å². The number of hydrogen-bond donors (Lipinski definition) is 5. The van der Waals surface area contributed by atoms with Gasteiger partial charge in [-0.3, -0.25) is 13.7 Å². The zero-order chi connectivity index (χ0) is 25.3. The Morgan fingerprint density at radius 3 is 2.49 bits per heavy atom. The molecule has 0 amide bonds. The molecule has 3 aliphatic heterocycles. The Kier molecular flexibility index (Phi) is 6.30. The first-order chi connectivity index (χ1) is 16.3. The van der Waals surface area contributed by atoms with Crippen molar-refractivity contribution in [2.75, 3.05) is 50.6 Å². The van der Waals surface area contributed by atoms with Crippen LogP contribution in [0.15, 0.2) is 6.33 Å². The van der Waals surface area contributed by atoms with E-state index in [9.17, 15) is 24.2 Å². The van der Waals surface area contributed by atoms with Gasteiger partial charge < -0.3 is 44.0 Å². The third kappa shape index (κ3) is 4.88. The van der Waals surface area contributed by atoms with Gasteiger partial charge in [0.05, 0.1) is 12.9 Å². The van der Waals surface area contributed by atoms with E-state index in [1.165, 1.54) is 10.9 Å². The average molecular weight is 555 g/mol. The molecule has 5 unspecified atom stereocenters. The molecule has 0 bridgehead atoms. The Hall–Kier alpha value is -1.22. The Bertz CT molecular complexity index is 1230. The number of ether oxygens (including phenoxy) is 1. The van der Waals surface area contributed by atoms with Gasteiger partial charge in [0.2, 0.25) is 5.28 Å². The van der Waals surface area contributed by atoms with Gasteiger partial charge in [-0.15, -0.1) is 0 Å². The lowest BCUT2D eigenvalue weighted by molar-refractivity contribution is -0.0483. The van der Waals surface area contributed by atoms with Crippen LogP contribution in [0.2, 0.25) is 5.28 Å². The standard InChI is InChI=1S/C17H25ClN6O9P2/c1-22-3-17(4-22)5-23(6-17)13-10-14(21-16(18)20-13)24(7-19-10)15-12(26)11(25)9(33-15)2-32-35(30,31)8-34(27,28)29/h7,9,11-12,15,25-26H,2-6,8H2,1H3,(H,30,31)(H2,27,28,29). The second-order valence-electron chi connectivity index (χ2n) is 9.45. The van der Waals surface area contributed by atoms with E-state index in [1.807, 2.05) is 0 Å². The normalized spacial score (nSPS) is 30.4. The summed E-state index contributed by atoms with van der Waals surface area (Å²) in [6.45, 7) is 2.89. The molecular weight excluding hydrogens is 530 g/mol. The number of halogens is 1. The van der Waals surface area contributed by atoms with Crippen molar-refractivity contribution in [3.05, 3.63) is 11.6 Å². The molecule has 0 saturated carbocycles. The zero-order valence-electron chi connectivity index (χ0n) is 18.5. The summed E-state index contributed by atoms with van der Waals surface area (Å²) in [6, 6.07) is 0. The summed E-state index contributed by atoms with van der Waals surface area (Å²) in [5.41, 5.74) is 0.928. The second-order valence-corrected chi connectivity index (χ2v) is 13.8. The van der Waals surface area contributed by atoms with Gasteiger partial charge in [0, 0.05) is 31.6 Å². The molecule has 2 aromatic heterocycles. The third-order valence-electron chi connectivity index (χ3n) is 6.35. The largest absolute Gasteiger partial charge is 0.387 e. The van der Waals surface area contributed by atoms with E-state index in [0.717, 1.165) is 26.2 Å². The summed E-state index contributed by atoms with van der Waals surface area (Å²) < 4.78 is 34.7. The summed E-state index contributed by atoms with van der Waals surface area (Å²) in [4.78, 5) is 44.7. The van der Waals surface area contributed by atoms with Gasteiger partial charge in [-0.05, 0) is 18.6 Å². The number of hydrogen-bond acceptors (Lipinski definition) is 11. The molecule has 3 fully saturated rings. The van der Waals surface area contributed by atoms with Crippen molar-refractivity contribution in [3.8, 4) is 0 Å². The molecule has 18 heteroatoms. The van der Waals surface area contributed by atoms with Gasteiger partial charge in [0.25, 0.3) is 0 Å². The topological polar surface area (TPSA) is 204 Å². The quantitative estimate of drug-likeness (QED) is 0.210. The highest BCUT2D eigenvalue weighted by Gasteiger charge is 2.51. The molecule has 15 nitrogen and oxygen atoms in total. The fraction of sp³-hybridized carbons (Fsp3) is 0.706. The van der Waals surface area contributed by atoms with Crippen molar-refractivity contribution < 1.29 is 43.3 Å². The molecule has 3 saturated heterocycles. The molecule has 0 aliphatic carbocycles. The van der Waals surface area contributed by atoms with Crippen LogP contribution in [0.25, 0.3) is 11.2 Å². The summed E-state index contributed by atoms with van der Waals surface area (Å²) in [6.07, 6.45) is -4.12. The predicted molar refractivity (Wildman–Crippen MR) is 121 cm³/mol. The van der Waals surface area contributed by atoms with Gasteiger partial charge in [-0.1, -0.05) is 0 Å². The van der Waals surface area contributed by atoms with Crippen molar-refractivity contribution in [2.45, 2.75) is 24.5 Å². The predicted octanol–water partition coefficient (Wildman–Crippen LogP) is -0.812. The highest BCUT2D eigenvalue weighted by molar-refractivity contribution is 7.70. The van der Waals surface area contributed by atoms with Gasteiger partial charge in [-0.2, -0.15) is 9.97 Å². The van der Waals surface area contributed by atoms with Gasteiger partial charge in [-0.25, -0.2) is 4.98 Å². The Balaban J connectivity index is 1.33. The van der Waals surface area contributed by atoms with Crippen molar-refractivity contribution in [1.29, 1.82) is 0 Å². The van der Waals surface area contributed by atoms with Crippen molar-refractivity contribution in [3.63, 3.8) is 0 Å². The minimum atomic E-state index is -4.82. The summed E-state index contributed by atoms with van der Waals surface area (Å²) in [5.74, 6) is -0.835. The molecule has 5 atom stereocenters. The molecule has 5 rings (SSSR count). The molecule has 5 heterocycles. The number of aliphatic hydroxyl groups excluding tert-OH is 2. The SMILES string of the molecule is CN1CC2(C1)CN(c1nc(Cl)nc3c1ncn3C1OC(COP(=O)(O)CP(=O)(O)O)C(O)C1O)C2. The number of nitrogens with zero attached hydrogens (tertiary/aromatic N) is 6. The maximum atomic E-state index is 11.9. The number of imidazole rings is 1. The Labute approximate surface area is 204 Å². The van der Waals surface area contributed by atoms with E-state index >= 15 is 0 Å². The minimum Gasteiger partial charge on any atom is -0.387 e. The molecule has 194 valence electrons. The molecule has 5 N–H and O–H groups in total. The van der Waals surface area contributed by atoms with Gasteiger partial charge in [0.15, 0.2) is 29.1 Å². The van der Waals surface area contributed by atoms with Gasteiger partial charge >= 0.3 is 15.2 Å². The second kappa shape index (κ2) is 8.67. The van der Waals surface area contributed by atoms with Crippen LogP contribution in [0.1, 0.15) is 6.23 Å². The monoisotopic (exact) mass is 554 g/mol. The van der Waals surface area contributed by atoms with E-state index in [1.54, 1.807) is 0 Å². The molecule has 0 aromatic carbocycles. The fourth-order valence-corrected chi connectivity index (χ4v) is 7.78. The number of aromatic nitrogens is 4. The maximum Gasteiger partial charge on any atom is 0.340 e. The van der Waals surface area contributed by atoms with Crippen LogP contribution < -0.4 is 4.90 Å². The number of rotatable bonds is 7. The third-order valence-corrected chi connectivity index (χ3v) is 9.98. The van der Waals surface area contributed by atoms with Gasteiger partial charge in [0.1, 0.15) is 18.3 Å². The highest BCUT2D eigenvalue weighted by atomic mass is 35.5. The first-order valence-corrected chi connectivity index (χ1v) is 14.6. The summed E-state index contributed by atoms with van der Waals surface area (Å²) in [5, 5.41) is 21.0. The molecular formula is C17H25ClN6O9P2. The Morgan fingerprint density at radius 2 is 1.86 bits per heavy atom. The molecule has 1 spiro atoms.